The molecular weight excluding hydrogens is 618 g/mol. The molecule has 1 saturated carbocycles. The Morgan fingerprint density at radius 2 is 1.83 bits per heavy atom. The maximum Gasteiger partial charge on any atom is 0.420 e. The van der Waals surface area contributed by atoms with E-state index in [-0.39, 0.29) is 23.5 Å². The standard InChI is InChI=1S/C34H33F4N5O4/c1-33(2,3)47-32(45)43(27-9-6-10-28(27)44)17-19-13-25(34(36,37)38)29-26(14-19)40-31(46-29)21-8-5-7-20(15-21)23-12-11-22(35)16-24(23)30-41-39-18-42(30)4/h5,7-8,11-16,18,27-28,44H,6,9-10,17H2,1-4H3/t27-,28-/m0/s1. The molecule has 1 aliphatic rings. The number of hydrogen-bond acceptors (Lipinski definition) is 7. The highest BCUT2D eigenvalue weighted by Crippen LogP contribution is 2.40. The molecule has 2 heterocycles. The minimum atomic E-state index is -4.80. The molecule has 0 radical (unpaired) electrons. The first kappa shape index (κ1) is 32.2. The molecule has 13 heteroatoms. The van der Waals surface area contributed by atoms with E-state index >= 15 is 0 Å². The lowest BCUT2D eigenvalue weighted by molar-refractivity contribution is -0.136. The van der Waals surface area contributed by atoms with Crippen LogP contribution in [-0.2, 0) is 24.5 Å². The van der Waals surface area contributed by atoms with Crippen molar-refractivity contribution in [2.24, 2.45) is 7.05 Å². The van der Waals surface area contributed by atoms with Crippen LogP contribution in [-0.4, -0.2) is 53.6 Å². The van der Waals surface area contributed by atoms with E-state index in [4.69, 9.17) is 9.15 Å². The van der Waals surface area contributed by atoms with Crippen LogP contribution in [0.2, 0.25) is 0 Å². The van der Waals surface area contributed by atoms with Gasteiger partial charge in [0.05, 0.1) is 12.1 Å². The number of carbonyl (C=O) groups is 1. The summed E-state index contributed by atoms with van der Waals surface area (Å²) >= 11 is 0. The first-order valence-electron chi connectivity index (χ1n) is 15.1. The van der Waals surface area contributed by atoms with Gasteiger partial charge in [0, 0.05) is 24.7 Å². The largest absolute Gasteiger partial charge is 0.444 e. The van der Waals surface area contributed by atoms with Crippen molar-refractivity contribution >= 4 is 17.2 Å². The molecule has 246 valence electrons. The zero-order valence-corrected chi connectivity index (χ0v) is 26.2. The molecule has 2 atom stereocenters. The number of halogens is 4. The number of ether oxygens (including phenoxy) is 1. The van der Waals surface area contributed by atoms with Crippen LogP contribution in [0.1, 0.15) is 51.2 Å². The Kier molecular flexibility index (Phi) is 8.29. The topological polar surface area (TPSA) is 107 Å². The van der Waals surface area contributed by atoms with Crippen LogP contribution in [0.4, 0.5) is 22.4 Å². The fraction of sp³-hybridized carbons (Fsp3) is 0.353. The second-order valence-corrected chi connectivity index (χ2v) is 12.7. The molecule has 9 nitrogen and oxygen atoms in total. The lowest BCUT2D eigenvalue weighted by atomic mass is 9.97. The van der Waals surface area contributed by atoms with Gasteiger partial charge in [-0.05, 0) is 93.1 Å². The van der Waals surface area contributed by atoms with Gasteiger partial charge in [-0.1, -0.05) is 18.2 Å². The lowest BCUT2D eigenvalue weighted by Gasteiger charge is -2.33. The fourth-order valence-electron chi connectivity index (χ4n) is 5.94. The number of aryl methyl sites for hydroxylation is 1. The molecule has 3 aromatic carbocycles. The smallest absolute Gasteiger partial charge is 0.420 e. The number of carbonyl (C=O) groups excluding carboxylic acids is 1. The van der Waals surface area contributed by atoms with Crippen molar-refractivity contribution in [2.45, 2.75) is 70.5 Å². The third kappa shape index (κ3) is 6.71. The summed E-state index contributed by atoms with van der Waals surface area (Å²) in [7, 11) is 1.73. The number of alkyl halides is 3. The van der Waals surface area contributed by atoms with Crippen LogP contribution >= 0.6 is 0 Å². The summed E-state index contributed by atoms with van der Waals surface area (Å²) in [5, 5.41) is 18.6. The quantitative estimate of drug-likeness (QED) is 0.187. The Morgan fingerprint density at radius 3 is 2.49 bits per heavy atom. The number of amides is 1. The van der Waals surface area contributed by atoms with E-state index in [1.165, 1.54) is 29.4 Å². The Balaban J connectivity index is 1.41. The van der Waals surface area contributed by atoms with E-state index < -0.39 is 47.0 Å². The summed E-state index contributed by atoms with van der Waals surface area (Å²) in [4.78, 5) is 19.0. The van der Waals surface area contributed by atoms with Gasteiger partial charge < -0.3 is 18.8 Å². The summed E-state index contributed by atoms with van der Waals surface area (Å²) in [5.41, 5.74) is -0.115. The van der Waals surface area contributed by atoms with Gasteiger partial charge in [0.15, 0.2) is 11.4 Å². The minimum absolute atomic E-state index is 0.0482. The van der Waals surface area contributed by atoms with Crippen molar-refractivity contribution in [3.63, 3.8) is 0 Å². The van der Waals surface area contributed by atoms with Gasteiger partial charge in [0.2, 0.25) is 5.89 Å². The van der Waals surface area contributed by atoms with Crippen molar-refractivity contribution in [3.8, 4) is 34.0 Å². The van der Waals surface area contributed by atoms with Crippen molar-refractivity contribution in [2.75, 3.05) is 0 Å². The monoisotopic (exact) mass is 651 g/mol. The molecule has 0 spiro atoms. The molecule has 0 bridgehead atoms. The van der Waals surface area contributed by atoms with Gasteiger partial charge in [0.1, 0.15) is 28.8 Å². The summed E-state index contributed by atoms with van der Waals surface area (Å²) in [6.07, 6.45) is -3.22. The zero-order chi connectivity index (χ0) is 33.7. The maximum absolute atomic E-state index is 14.4. The maximum atomic E-state index is 14.4. The number of rotatable bonds is 6. The van der Waals surface area contributed by atoms with E-state index in [9.17, 15) is 27.5 Å². The molecular formula is C34H33F4N5O4. The van der Waals surface area contributed by atoms with Crippen LogP contribution in [0, 0.1) is 5.82 Å². The average Bonchev–Trinajstić information content (AvgIpc) is 3.73. The second kappa shape index (κ2) is 12.1. The highest BCUT2D eigenvalue weighted by atomic mass is 19.4. The molecule has 0 unspecified atom stereocenters. The van der Waals surface area contributed by atoms with E-state index in [0.29, 0.717) is 47.3 Å². The SMILES string of the molecule is Cn1cnnc1-c1cc(F)ccc1-c1cccc(-c2nc3cc(CN(C(=O)OC(C)(C)C)[C@H]4CCC[C@@H]4O)cc(C(F)(F)F)c3o2)c1. The van der Waals surface area contributed by atoms with Crippen LogP contribution in [0.3, 0.4) is 0 Å². The Bertz CT molecular complexity index is 1950. The van der Waals surface area contributed by atoms with Gasteiger partial charge in [0.25, 0.3) is 0 Å². The summed E-state index contributed by atoms with van der Waals surface area (Å²) < 4.78 is 70.6. The number of hydrogen-bond donors (Lipinski definition) is 1. The molecule has 5 aromatic rings. The number of fused-ring (bicyclic) bond motifs is 1. The van der Waals surface area contributed by atoms with E-state index in [1.807, 2.05) is 0 Å². The fourth-order valence-corrected chi connectivity index (χ4v) is 5.94. The zero-order valence-electron chi connectivity index (χ0n) is 26.2. The van der Waals surface area contributed by atoms with Gasteiger partial charge in [-0.15, -0.1) is 10.2 Å². The van der Waals surface area contributed by atoms with Crippen molar-refractivity contribution in [1.29, 1.82) is 0 Å². The molecule has 1 fully saturated rings. The van der Waals surface area contributed by atoms with Gasteiger partial charge in [-0.25, -0.2) is 14.2 Å². The number of benzene rings is 3. The highest BCUT2D eigenvalue weighted by molar-refractivity contribution is 5.84. The predicted octanol–water partition coefficient (Wildman–Crippen LogP) is 7.77. The van der Waals surface area contributed by atoms with Crippen molar-refractivity contribution in [1.82, 2.24) is 24.6 Å². The van der Waals surface area contributed by atoms with E-state index in [1.54, 1.807) is 62.7 Å². The van der Waals surface area contributed by atoms with Crippen LogP contribution in [0.5, 0.6) is 0 Å². The molecule has 6 rings (SSSR count). The van der Waals surface area contributed by atoms with Crippen LogP contribution in [0.25, 0.3) is 45.1 Å². The average molecular weight is 652 g/mol. The highest BCUT2D eigenvalue weighted by Gasteiger charge is 2.38. The predicted molar refractivity (Wildman–Crippen MR) is 165 cm³/mol. The summed E-state index contributed by atoms with van der Waals surface area (Å²) in [6.45, 7) is 4.85. The van der Waals surface area contributed by atoms with Gasteiger partial charge in [-0.2, -0.15) is 13.2 Å². The van der Waals surface area contributed by atoms with Crippen LogP contribution < -0.4 is 0 Å². The molecule has 2 aromatic heterocycles. The molecule has 0 saturated heterocycles. The molecule has 1 aliphatic carbocycles. The number of aliphatic hydroxyl groups is 1. The van der Waals surface area contributed by atoms with E-state index in [0.717, 1.165) is 6.07 Å². The van der Waals surface area contributed by atoms with Gasteiger partial charge in [-0.3, -0.25) is 4.90 Å². The van der Waals surface area contributed by atoms with Gasteiger partial charge >= 0.3 is 12.3 Å². The molecule has 1 amide bonds. The third-order valence-electron chi connectivity index (χ3n) is 8.03. The normalized spacial score (nSPS) is 17.0. The first-order chi connectivity index (χ1) is 22.2. The number of aromatic nitrogens is 4. The summed E-state index contributed by atoms with van der Waals surface area (Å²) in [5.74, 6) is -0.0910. The van der Waals surface area contributed by atoms with Crippen molar-refractivity contribution < 1.29 is 36.6 Å². The third-order valence-corrected chi connectivity index (χ3v) is 8.03. The van der Waals surface area contributed by atoms with Crippen LogP contribution in [0.15, 0.2) is 65.3 Å². The minimum Gasteiger partial charge on any atom is -0.444 e. The first-order valence-corrected chi connectivity index (χ1v) is 15.1. The Labute approximate surface area is 267 Å². The van der Waals surface area contributed by atoms with E-state index in [2.05, 4.69) is 15.2 Å². The molecule has 0 aliphatic heterocycles. The Morgan fingerprint density at radius 1 is 1.06 bits per heavy atom. The second-order valence-electron chi connectivity index (χ2n) is 12.7. The lowest BCUT2D eigenvalue weighted by Crippen LogP contribution is -2.46. The Hall–Kier alpha value is -4.78. The number of nitrogens with zero attached hydrogens (tertiary/aromatic N) is 5. The number of aliphatic hydroxyl groups excluding tert-OH is 1. The molecule has 1 N–H and O–H groups in total. The summed E-state index contributed by atoms with van der Waals surface area (Å²) in [6, 6.07) is 12.9. The number of oxazole rings is 1. The van der Waals surface area contributed by atoms with Crippen molar-refractivity contribution in [3.05, 3.63) is 77.9 Å². The molecule has 47 heavy (non-hydrogen) atoms.